The Balaban J connectivity index is 1.21. The van der Waals surface area contributed by atoms with Crippen LogP contribution in [0.3, 0.4) is 0 Å². The first-order valence-electron chi connectivity index (χ1n) is 14.8. The fraction of sp³-hybridized carbons (Fsp3) is 0.250. The Bertz CT molecular complexity index is 1860. The molecule has 0 radical (unpaired) electrons. The predicted octanol–water partition coefficient (Wildman–Crippen LogP) is 6.60. The molecular weight excluding hydrogens is 554 g/mol. The van der Waals surface area contributed by atoms with Crippen molar-refractivity contribution >= 4 is 39.1 Å². The number of hydrogen-bond donors (Lipinski definition) is 1. The molecule has 1 unspecified atom stereocenters. The largest absolute Gasteiger partial charge is 0.378 e. The molecular formula is C36H31N3O3S. The molecule has 1 atom stereocenters. The molecule has 2 amide bonds. The van der Waals surface area contributed by atoms with E-state index < -0.39 is 10.8 Å². The summed E-state index contributed by atoms with van der Waals surface area (Å²) in [5, 5.41) is 8.03. The van der Waals surface area contributed by atoms with Gasteiger partial charge in [0.05, 0.1) is 24.3 Å². The van der Waals surface area contributed by atoms with Gasteiger partial charge in [-0.15, -0.1) is 11.3 Å². The Kier molecular flexibility index (Phi) is 6.03. The molecule has 214 valence electrons. The van der Waals surface area contributed by atoms with Crippen molar-refractivity contribution in [3.8, 4) is 11.3 Å². The first kappa shape index (κ1) is 26.3. The molecule has 1 fully saturated rings. The van der Waals surface area contributed by atoms with Crippen molar-refractivity contribution in [2.45, 2.75) is 24.7 Å². The molecule has 6 nitrogen and oxygen atoms in total. The minimum atomic E-state index is -0.956. The van der Waals surface area contributed by atoms with Crippen molar-refractivity contribution in [2.75, 3.05) is 31.6 Å². The summed E-state index contributed by atoms with van der Waals surface area (Å²) >= 11 is 1.43. The first-order chi connectivity index (χ1) is 21.0. The molecule has 0 saturated carbocycles. The van der Waals surface area contributed by atoms with Gasteiger partial charge in [-0.1, -0.05) is 91.0 Å². The number of fused-ring (bicyclic) bond motifs is 2. The summed E-state index contributed by atoms with van der Waals surface area (Å²) in [6.45, 7) is 4.17. The van der Waals surface area contributed by atoms with E-state index in [1.807, 2.05) is 59.7 Å². The predicted molar refractivity (Wildman–Crippen MR) is 169 cm³/mol. The highest BCUT2D eigenvalue weighted by atomic mass is 32.1. The van der Waals surface area contributed by atoms with Crippen molar-refractivity contribution in [3.63, 3.8) is 0 Å². The van der Waals surface area contributed by atoms with E-state index in [2.05, 4.69) is 53.8 Å². The van der Waals surface area contributed by atoms with Crippen LogP contribution >= 0.6 is 11.3 Å². The van der Waals surface area contributed by atoms with Crippen LogP contribution in [-0.2, 0) is 19.7 Å². The zero-order valence-electron chi connectivity index (χ0n) is 23.9. The number of carbonyl (C=O) groups excluding carboxylic acids is 2. The summed E-state index contributed by atoms with van der Waals surface area (Å²) in [5.41, 5.74) is 4.20. The van der Waals surface area contributed by atoms with Gasteiger partial charge < -0.3 is 15.0 Å². The normalized spacial score (nSPS) is 23.9. The zero-order chi connectivity index (χ0) is 29.2. The van der Waals surface area contributed by atoms with Crippen LogP contribution in [-0.4, -0.2) is 48.0 Å². The molecule has 7 heteroatoms. The molecule has 0 spiro atoms. The van der Waals surface area contributed by atoms with Gasteiger partial charge in [0.1, 0.15) is 5.41 Å². The van der Waals surface area contributed by atoms with E-state index in [0.717, 1.165) is 44.3 Å². The van der Waals surface area contributed by atoms with Gasteiger partial charge in [0, 0.05) is 30.0 Å². The van der Waals surface area contributed by atoms with E-state index in [-0.39, 0.29) is 17.7 Å². The number of anilines is 1. The van der Waals surface area contributed by atoms with Crippen molar-refractivity contribution < 1.29 is 14.3 Å². The van der Waals surface area contributed by atoms with E-state index in [0.29, 0.717) is 37.9 Å². The van der Waals surface area contributed by atoms with Gasteiger partial charge in [0.2, 0.25) is 11.8 Å². The van der Waals surface area contributed by atoms with Crippen molar-refractivity contribution in [2.24, 2.45) is 5.41 Å². The number of ether oxygens (including phenoxy) is 1. The number of nitrogens with zero attached hydrogens (tertiary/aromatic N) is 2. The Hall–Kier alpha value is -4.33. The monoisotopic (exact) mass is 585 g/mol. The Morgan fingerprint density at radius 3 is 2.28 bits per heavy atom. The number of benzene rings is 4. The Morgan fingerprint density at radius 1 is 0.884 bits per heavy atom. The maximum atomic E-state index is 14.7. The van der Waals surface area contributed by atoms with Crippen LogP contribution in [0.5, 0.6) is 0 Å². The number of nitrogens with one attached hydrogen (secondary N) is 1. The minimum Gasteiger partial charge on any atom is -0.378 e. The van der Waals surface area contributed by atoms with Crippen LogP contribution in [0.25, 0.3) is 22.0 Å². The number of carbonyl (C=O) groups is 2. The average Bonchev–Trinajstić information content (AvgIpc) is 3.52. The summed E-state index contributed by atoms with van der Waals surface area (Å²) in [6, 6.07) is 30.9. The lowest BCUT2D eigenvalue weighted by Gasteiger charge is -2.57. The number of rotatable bonds is 4. The zero-order valence-corrected chi connectivity index (χ0v) is 24.7. The minimum absolute atomic E-state index is 0.0559. The lowest BCUT2D eigenvalue weighted by Crippen LogP contribution is -2.61. The summed E-state index contributed by atoms with van der Waals surface area (Å²) in [7, 11) is 0. The second-order valence-electron chi connectivity index (χ2n) is 12.0. The summed E-state index contributed by atoms with van der Waals surface area (Å²) in [6.07, 6.45) is 0.391. The lowest BCUT2D eigenvalue weighted by atomic mass is 9.46. The van der Waals surface area contributed by atoms with Crippen LogP contribution < -0.4 is 5.32 Å². The second-order valence-corrected chi connectivity index (χ2v) is 12.9. The highest BCUT2D eigenvalue weighted by molar-refractivity contribution is 7.14. The molecule has 3 aliphatic carbocycles. The number of thiazole rings is 1. The van der Waals surface area contributed by atoms with Crippen molar-refractivity contribution in [3.05, 3.63) is 119 Å². The molecule has 1 saturated heterocycles. The van der Waals surface area contributed by atoms with Gasteiger partial charge in [-0.3, -0.25) is 9.59 Å². The van der Waals surface area contributed by atoms with Crippen molar-refractivity contribution in [1.29, 1.82) is 0 Å². The summed E-state index contributed by atoms with van der Waals surface area (Å²) in [5.74, 6) is -0.239. The topological polar surface area (TPSA) is 71.5 Å². The third-order valence-electron chi connectivity index (χ3n) is 9.71. The van der Waals surface area contributed by atoms with Crippen molar-refractivity contribution in [1.82, 2.24) is 9.88 Å². The molecule has 2 heterocycles. The van der Waals surface area contributed by atoms with Crippen LogP contribution in [0.15, 0.2) is 96.4 Å². The average molecular weight is 586 g/mol. The third-order valence-corrected chi connectivity index (χ3v) is 10.5. The van der Waals surface area contributed by atoms with E-state index >= 15 is 0 Å². The molecule has 1 aliphatic heterocycles. The first-order valence-corrected chi connectivity index (χ1v) is 15.7. The number of amides is 2. The maximum Gasteiger partial charge on any atom is 0.237 e. The molecule has 43 heavy (non-hydrogen) atoms. The van der Waals surface area contributed by atoms with Gasteiger partial charge >= 0.3 is 0 Å². The smallest absolute Gasteiger partial charge is 0.237 e. The molecule has 5 aromatic rings. The molecule has 2 bridgehead atoms. The fourth-order valence-corrected chi connectivity index (χ4v) is 8.52. The van der Waals surface area contributed by atoms with Crippen LogP contribution in [0.2, 0.25) is 0 Å². The van der Waals surface area contributed by atoms with Gasteiger partial charge in [-0.25, -0.2) is 4.98 Å². The Labute approximate surface area is 254 Å². The Morgan fingerprint density at radius 2 is 1.53 bits per heavy atom. The van der Waals surface area contributed by atoms with Gasteiger partial charge in [0.15, 0.2) is 5.13 Å². The van der Waals surface area contributed by atoms with E-state index in [9.17, 15) is 9.59 Å². The number of hydrogen-bond acceptors (Lipinski definition) is 5. The third kappa shape index (κ3) is 3.84. The van der Waals surface area contributed by atoms with E-state index in [1.54, 1.807) is 0 Å². The van der Waals surface area contributed by atoms with Gasteiger partial charge in [-0.2, -0.15) is 0 Å². The molecule has 4 aromatic carbocycles. The standard InChI is InChI=1S/C36H31N3O3S/c1-35(32(40)38-34-37-30(21-43-34)25-14-8-10-23-9-2-3-11-24(23)25)22-36(33(41)39-17-19-42-20-18-39)28-15-6-4-12-26(28)31(35)27-13-5-7-16-29(27)36/h2-16,21,31H,17-20,22H2,1H3,(H,37,38,40). The van der Waals surface area contributed by atoms with Crippen LogP contribution in [0.1, 0.15) is 41.5 Å². The highest BCUT2D eigenvalue weighted by Crippen LogP contribution is 2.64. The van der Waals surface area contributed by atoms with Gasteiger partial charge in [-0.05, 0) is 46.4 Å². The maximum absolute atomic E-state index is 14.7. The second kappa shape index (κ2) is 9.86. The van der Waals surface area contributed by atoms with Gasteiger partial charge in [0.25, 0.3) is 0 Å². The summed E-state index contributed by atoms with van der Waals surface area (Å²) < 4.78 is 5.59. The summed E-state index contributed by atoms with van der Waals surface area (Å²) in [4.78, 5) is 36.0. The lowest BCUT2D eigenvalue weighted by molar-refractivity contribution is -0.144. The van der Waals surface area contributed by atoms with Crippen LogP contribution in [0, 0.1) is 5.41 Å². The molecule has 4 aliphatic rings. The number of morpholine rings is 1. The fourth-order valence-electron chi connectivity index (χ4n) is 7.81. The molecule has 9 rings (SSSR count). The molecule has 1 aromatic heterocycles. The van der Waals surface area contributed by atoms with E-state index in [4.69, 9.17) is 9.72 Å². The SMILES string of the molecule is CC1(C(=O)Nc2nc(-c3cccc4ccccc34)cs2)CC2(C(=O)N3CCOCC3)c3ccccc3C1c1ccccc12. The quantitative estimate of drug-likeness (QED) is 0.258. The van der Waals surface area contributed by atoms with E-state index in [1.165, 1.54) is 11.3 Å². The van der Waals surface area contributed by atoms with Crippen LogP contribution in [0.4, 0.5) is 5.13 Å². The number of aromatic nitrogens is 1. The molecule has 1 N–H and O–H groups in total. The highest BCUT2D eigenvalue weighted by Gasteiger charge is 2.64.